The first-order chi connectivity index (χ1) is 16.3. The Labute approximate surface area is 203 Å². The van der Waals surface area contributed by atoms with E-state index in [4.69, 9.17) is 17.3 Å². The molecule has 0 bridgehead atoms. The highest BCUT2D eigenvalue weighted by Crippen LogP contribution is 2.33. The summed E-state index contributed by atoms with van der Waals surface area (Å²) in [5, 5.41) is 16.9. The van der Waals surface area contributed by atoms with Gasteiger partial charge in [0.05, 0.1) is 12.2 Å². The van der Waals surface area contributed by atoms with Crippen LogP contribution in [0.3, 0.4) is 0 Å². The Morgan fingerprint density at radius 3 is 2.56 bits per heavy atom. The zero-order chi connectivity index (χ0) is 24.7. The summed E-state index contributed by atoms with van der Waals surface area (Å²) in [6, 6.07) is 13.4. The van der Waals surface area contributed by atoms with E-state index >= 15 is 0 Å². The van der Waals surface area contributed by atoms with E-state index in [-0.39, 0.29) is 24.0 Å². The number of amides is 1. The van der Waals surface area contributed by atoms with Crippen LogP contribution in [0.4, 0.5) is 21.6 Å². The number of nitrogen functional groups attached to an aromatic ring is 1. The number of pyridine rings is 1. The first kappa shape index (κ1) is 25.3. The molecular weight excluding hydrogens is 457 g/mol. The molecule has 0 spiro atoms. The van der Waals surface area contributed by atoms with E-state index in [0.717, 1.165) is 13.1 Å². The number of aromatic hydroxyl groups is 1. The molecule has 0 radical (unpaired) electrons. The van der Waals surface area contributed by atoms with Gasteiger partial charge in [-0.2, -0.15) is 0 Å². The van der Waals surface area contributed by atoms with Gasteiger partial charge in [0.2, 0.25) is 5.91 Å². The number of hydrogen-bond donors (Lipinski definition) is 4. The first-order valence-electron chi connectivity index (χ1n) is 11.0. The van der Waals surface area contributed by atoms with Crippen LogP contribution in [0.5, 0.6) is 5.75 Å². The molecule has 1 heterocycles. The van der Waals surface area contributed by atoms with Crippen molar-refractivity contribution in [3.8, 4) is 17.0 Å². The number of rotatable bonds is 10. The molecule has 0 aliphatic heterocycles. The standard InChI is InChI=1S/C25H29ClFN5O2/c1-3-32(4-2)15-24(34)29-14-16-5-8-22(31-25(16)28)20-12-19(7-10-23(20)33)30-21-9-6-18(26)11-17(21)13-27/h5-12,30,33H,3-4,13-15H2,1-2H3,(H2,28,31)(H,29,34). The van der Waals surface area contributed by atoms with E-state index in [1.807, 2.05) is 18.7 Å². The number of aromatic nitrogens is 1. The summed E-state index contributed by atoms with van der Waals surface area (Å²) in [6.07, 6.45) is 0. The normalized spacial score (nSPS) is 11.0. The van der Waals surface area contributed by atoms with Crippen LogP contribution < -0.4 is 16.4 Å². The molecule has 3 aromatic rings. The maximum absolute atomic E-state index is 13.4. The van der Waals surface area contributed by atoms with Crippen molar-refractivity contribution in [3.63, 3.8) is 0 Å². The summed E-state index contributed by atoms with van der Waals surface area (Å²) in [6.45, 7) is 5.53. The van der Waals surface area contributed by atoms with Crippen LogP contribution in [-0.4, -0.2) is 40.5 Å². The number of benzene rings is 2. The van der Waals surface area contributed by atoms with E-state index in [1.165, 1.54) is 6.07 Å². The fourth-order valence-electron chi connectivity index (χ4n) is 3.47. The van der Waals surface area contributed by atoms with Crippen molar-refractivity contribution >= 4 is 34.7 Å². The number of halogens is 2. The maximum atomic E-state index is 13.4. The number of nitrogens with two attached hydrogens (primary N) is 1. The summed E-state index contributed by atoms with van der Waals surface area (Å²) in [5.74, 6) is 0.203. The Hall–Kier alpha value is -3.36. The van der Waals surface area contributed by atoms with E-state index in [9.17, 15) is 14.3 Å². The number of alkyl halides is 1. The lowest BCUT2D eigenvalue weighted by Gasteiger charge is -2.17. The van der Waals surface area contributed by atoms with Gasteiger partial charge in [0.15, 0.2) is 0 Å². The van der Waals surface area contributed by atoms with Crippen molar-refractivity contribution in [2.24, 2.45) is 0 Å². The van der Waals surface area contributed by atoms with Gasteiger partial charge in [0.25, 0.3) is 0 Å². The van der Waals surface area contributed by atoms with Crippen LogP contribution >= 0.6 is 11.6 Å². The van der Waals surface area contributed by atoms with Gasteiger partial charge >= 0.3 is 0 Å². The summed E-state index contributed by atoms with van der Waals surface area (Å²) in [7, 11) is 0. The molecule has 0 saturated carbocycles. The van der Waals surface area contributed by atoms with Crippen molar-refractivity contribution < 1.29 is 14.3 Å². The Morgan fingerprint density at radius 1 is 1.12 bits per heavy atom. The van der Waals surface area contributed by atoms with Gasteiger partial charge in [-0.05, 0) is 55.6 Å². The number of anilines is 3. The highest BCUT2D eigenvalue weighted by molar-refractivity contribution is 6.30. The van der Waals surface area contributed by atoms with Crippen molar-refractivity contribution in [1.82, 2.24) is 15.2 Å². The first-order valence-corrected chi connectivity index (χ1v) is 11.4. The molecule has 180 valence electrons. The number of nitrogens with one attached hydrogen (secondary N) is 2. The monoisotopic (exact) mass is 485 g/mol. The third-order valence-electron chi connectivity index (χ3n) is 5.51. The summed E-state index contributed by atoms with van der Waals surface area (Å²) >= 11 is 5.95. The lowest BCUT2D eigenvalue weighted by Crippen LogP contribution is -2.36. The van der Waals surface area contributed by atoms with Crippen molar-refractivity contribution in [2.75, 3.05) is 30.7 Å². The topological polar surface area (TPSA) is 104 Å². The minimum atomic E-state index is -0.668. The van der Waals surface area contributed by atoms with Crippen LogP contribution in [0, 0.1) is 0 Å². The zero-order valence-corrected chi connectivity index (χ0v) is 20.0. The number of carbonyl (C=O) groups excluding carboxylic acids is 1. The quantitative estimate of drug-likeness (QED) is 0.306. The number of phenols is 1. The highest BCUT2D eigenvalue weighted by atomic mass is 35.5. The zero-order valence-electron chi connectivity index (χ0n) is 19.2. The van der Waals surface area contributed by atoms with Gasteiger partial charge in [-0.15, -0.1) is 0 Å². The van der Waals surface area contributed by atoms with Gasteiger partial charge < -0.3 is 21.5 Å². The predicted molar refractivity (Wildman–Crippen MR) is 135 cm³/mol. The van der Waals surface area contributed by atoms with Crippen LogP contribution in [0.25, 0.3) is 11.3 Å². The molecule has 2 aromatic carbocycles. The molecule has 0 atom stereocenters. The largest absolute Gasteiger partial charge is 0.507 e. The molecule has 0 fully saturated rings. The lowest BCUT2D eigenvalue weighted by molar-refractivity contribution is -0.122. The van der Waals surface area contributed by atoms with Crippen LogP contribution in [0.15, 0.2) is 48.5 Å². The minimum absolute atomic E-state index is 0.0274. The van der Waals surface area contributed by atoms with Crippen molar-refractivity contribution in [2.45, 2.75) is 27.1 Å². The second-order valence-electron chi connectivity index (χ2n) is 7.77. The molecule has 1 amide bonds. The fraction of sp³-hybridized carbons (Fsp3) is 0.280. The molecule has 0 aliphatic carbocycles. The number of phenolic OH excluding ortho intramolecular Hbond substituents is 1. The molecule has 34 heavy (non-hydrogen) atoms. The summed E-state index contributed by atoms with van der Waals surface area (Å²) in [5.41, 5.74) is 9.39. The summed E-state index contributed by atoms with van der Waals surface area (Å²) in [4.78, 5) is 18.6. The molecule has 9 heteroatoms. The average molecular weight is 486 g/mol. The molecule has 0 aliphatic rings. The number of nitrogens with zero attached hydrogens (tertiary/aromatic N) is 2. The maximum Gasteiger partial charge on any atom is 0.234 e. The van der Waals surface area contributed by atoms with Crippen LogP contribution in [0.2, 0.25) is 5.02 Å². The van der Waals surface area contributed by atoms with Gasteiger partial charge in [-0.25, -0.2) is 9.37 Å². The molecule has 7 nitrogen and oxygen atoms in total. The minimum Gasteiger partial charge on any atom is -0.507 e. The fourth-order valence-corrected chi connectivity index (χ4v) is 3.67. The number of carbonyl (C=O) groups is 1. The van der Waals surface area contributed by atoms with Gasteiger partial charge in [0.1, 0.15) is 18.2 Å². The van der Waals surface area contributed by atoms with E-state index in [0.29, 0.717) is 45.3 Å². The second-order valence-corrected chi connectivity index (χ2v) is 8.21. The van der Waals surface area contributed by atoms with Gasteiger partial charge in [0, 0.05) is 39.6 Å². The van der Waals surface area contributed by atoms with Crippen molar-refractivity contribution in [3.05, 3.63) is 64.7 Å². The van der Waals surface area contributed by atoms with E-state index < -0.39 is 6.67 Å². The van der Waals surface area contributed by atoms with Crippen molar-refractivity contribution in [1.29, 1.82) is 0 Å². The summed E-state index contributed by atoms with van der Waals surface area (Å²) < 4.78 is 13.4. The third kappa shape index (κ3) is 6.36. The smallest absolute Gasteiger partial charge is 0.234 e. The Kier molecular flexibility index (Phi) is 8.67. The molecule has 0 saturated heterocycles. The Balaban J connectivity index is 1.76. The molecular formula is C25H29ClFN5O2. The Morgan fingerprint density at radius 2 is 1.88 bits per heavy atom. The molecule has 0 unspecified atom stereocenters. The Bertz CT molecular complexity index is 1150. The predicted octanol–water partition coefficient (Wildman–Crippen LogP) is 4.86. The molecule has 5 N–H and O–H groups in total. The molecule has 1 aromatic heterocycles. The van der Waals surface area contributed by atoms with Crippen LogP contribution in [0.1, 0.15) is 25.0 Å². The van der Waals surface area contributed by atoms with E-state index in [2.05, 4.69) is 15.6 Å². The average Bonchev–Trinajstić information content (AvgIpc) is 2.83. The van der Waals surface area contributed by atoms with Crippen LogP contribution in [-0.2, 0) is 18.0 Å². The van der Waals surface area contributed by atoms with Gasteiger partial charge in [-0.1, -0.05) is 31.5 Å². The molecule has 3 rings (SSSR count). The van der Waals surface area contributed by atoms with E-state index in [1.54, 1.807) is 42.5 Å². The lowest BCUT2D eigenvalue weighted by atomic mass is 10.1. The van der Waals surface area contributed by atoms with Gasteiger partial charge in [-0.3, -0.25) is 9.69 Å². The number of hydrogen-bond acceptors (Lipinski definition) is 6. The third-order valence-corrected chi connectivity index (χ3v) is 5.75. The second kappa shape index (κ2) is 11.7. The highest BCUT2D eigenvalue weighted by Gasteiger charge is 2.13. The SMILES string of the molecule is CCN(CC)CC(=O)NCc1ccc(-c2cc(Nc3ccc(Cl)cc3CF)ccc2O)nc1N. The number of likely N-dealkylation sites (N-methyl/N-ethyl adjacent to an activating group) is 1.